The maximum absolute atomic E-state index is 5.58. The number of hydrogen-bond donors (Lipinski definition) is 1. The van der Waals surface area contributed by atoms with Crippen molar-refractivity contribution in [3.05, 3.63) is 30.1 Å². The molecule has 1 heterocycles. The number of rotatable bonds is 6. The van der Waals surface area contributed by atoms with Gasteiger partial charge in [-0.25, -0.2) is 0 Å². The lowest BCUT2D eigenvalue weighted by atomic mass is 10.1. The predicted molar refractivity (Wildman–Crippen MR) is 61.9 cm³/mol. The van der Waals surface area contributed by atoms with Crippen molar-refractivity contribution in [3.63, 3.8) is 0 Å². The van der Waals surface area contributed by atoms with Crippen molar-refractivity contribution in [2.45, 2.75) is 32.4 Å². The summed E-state index contributed by atoms with van der Waals surface area (Å²) in [4.78, 5) is 4.30. The molecule has 0 aliphatic rings. The number of nitrogens with zero attached hydrogens (tertiary/aromatic N) is 1. The molecule has 0 spiro atoms. The van der Waals surface area contributed by atoms with E-state index in [1.807, 2.05) is 45.3 Å². The summed E-state index contributed by atoms with van der Waals surface area (Å²) in [5.74, 6) is 0. The van der Waals surface area contributed by atoms with Crippen molar-refractivity contribution >= 4 is 0 Å². The Hall–Kier alpha value is -0.930. The molecule has 0 fully saturated rings. The van der Waals surface area contributed by atoms with Gasteiger partial charge in [-0.05, 0) is 33.0 Å². The van der Waals surface area contributed by atoms with Gasteiger partial charge >= 0.3 is 0 Å². The molecule has 0 amide bonds. The Labute approximate surface area is 91.9 Å². The van der Waals surface area contributed by atoms with Gasteiger partial charge in [-0.15, -0.1) is 0 Å². The van der Waals surface area contributed by atoms with Crippen molar-refractivity contribution in [1.82, 2.24) is 10.3 Å². The van der Waals surface area contributed by atoms with E-state index in [0.717, 1.165) is 18.7 Å². The third-order valence-corrected chi connectivity index (χ3v) is 2.22. The molecular formula is C12H20N2O. The van der Waals surface area contributed by atoms with Gasteiger partial charge in [0.2, 0.25) is 0 Å². The van der Waals surface area contributed by atoms with Gasteiger partial charge in [-0.3, -0.25) is 4.98 Å². The van der Waals surface area contributed by atoms with Crippen molar-refractivity contribution in [3.8, 4) is 0 Å². The zero-order valence-electron chi connectivity index (χ0n) is 9.73. The van der Waals surface area contributed by atoms with Gasteiger partial charge in [0, 0.05) is 24.4 Å². The van der Waals surface area contributed by atoms with Gasteiger partial charge < -0.3 is 10.1 Å². The maximum Gasteiger partial charge on any atom is 0.0626 e. The Morgan fingerprint density at radius 1 is 1.40 bits per heavy atom. The van der Waals surface area contributed by atoms with Crippen LogP contribution in [0.2, 0.25) is 0 Å². The molecule has 0 aliphatic heterocycles. The molecule has 0 saturated carbocycles. The summed E-state index contributed by atoms with van der Waals surface area (Å²) < 4.78 is 5.58. The summed E-state index contributed by atoms with van der Waals surface area (Å²) >= 11 is 0. The number of nitrogens with one attached hydrogen (secondary N) is 1. The molecule has 0 aliphatic carbocycles. The van der Waals surface area contributed by atoms with Crippen LogP contribution in [0.3, 0.4) is 0 Å². The number of ether oxygens (including phenoxy) is 1. The fourth-order valence-electron chi connectivity index (χ4n) is 1.32. The van der Waals surface area contributed by atoms with Crippen LogP contribution in [0.15, 0.2) is 24.4 Å². The van der Waals surface area contributed by atoms with Crippen molar-refractivity contribution in [1.29, 1.82) is 0 Å². The Morgan fingerprint density at radius 3 is 2.73 bits per heavy atom. The topological polar surface area (TPSA) is 34.1 Å². The highest BCUT2D eigenvalue weighted by Crippen LogP contribution is 2.01. The summed E-state index contributed by atoms with van der Waals surface area (Å²) in [6.07, 6.45) is 3.01. The predicted octanol–water partition coefficient (Wildman–Crippen LogP) is 1.64. The minimum atomic E-state index is 0.282. The monoisotopic (exact) mass is 208 g/mol. The second kappa shape index (κ2) is 6.53. The Kier molecular flexibility index (Phi) is 5.29. The van der Waals surface area contributed by atoms with Crippen molar-refractivity contribution in [2.75, 3.05) is 13.7 Å². The summed E-state index contributed by atoms with van der Waals surface area (Å²) in [5, 5.41) is 3.24. The average Bonchev–Trinajstić information content (AvgIpc) is 2.25. The van der Waals surface area contributed by atoms with E-state index in [1.54, 1.807) is 0 Å². The van der Waals surface area contributed by atoms with E-state index in [2.05, 4.69) is 10.3 Å². The lowest BCUT2D eigenvalue weighted by Crippen LogP contribution is -2.33. The van der Waals surface area contributed by atoms with Gasteiger partial charge in [0.15, 0.2) is 0 Å². The Balaban J connectivity index is 2.40. The molecule has 1 atom stereocenters. The van der Waals surface area contributed by atoms with Crippen molar-refractivity contribution in [2.24, 2.45) is 0 Å². The molecule has 1 unspecified atom stereocenters. The highest BCUT2D eigenvalue weighted by atomic mass is 16.5. The Bertz CT molecular complexity index is 262. The van der Waals surface area contributed by atoms with Gasteiger partial charge in [0.25, 0.3) is 0 Å². The van der Waals surface area contributed by atoms with E-state index in [1.165, 1.54) is 0 Å². The first-order chi connectivity index (χ1) is 7.22. The molecule has 0 saturated heterocycles. The first kappa shape index (κ1) is 12.1. The normalized spacial score (nSPS) is 13.1. The van der Waals surface area contributed by atoms with Gasteiger partial charge in [-0.2, -0.15) is 0 Å². The van der Waals surface area contributed by atoms with Crippen LogP contribution >= 0.6 is 0 Å². The molecule has 0 aromatic carbocycles. The standard InChI is InChI=1S/C12H20N2O/c1-10(2)15-9-12(13-3)8-11-6-4-5-7-14-11/h4-7,10,12-13H,8-9H2,1-3H3. The van der Waals surface area contributed by atoms with E-state index >= 15 is 0 Å². The zero-order valence-corrected chi connectivity index (χ0v) is 9.73. The lowest BCUT2D eigenvalue weighted by molar-refractivity contribution is 0.0626. The SMILES string of the molecule is CNC(COC(C)C)Cc1ccccn1. The lowest BCUT2D eigenvalue weighted by Gasteiger charge is -2.17. The molecule has 1 N–H and O–H groups in total. The van der Waals surface area contributed by atoms with E-state index in [9.17, 15) is 0 Å². The van der Waals surface area contributed by atoms with Crippen LogP contribution in [0.4, 0.5) is 0 Å². The Morgan fingerprint density at radius 2 is 2.20 bits per heavy atom. The number of hydrogen-bond acceptors (Lipinski definition) is 3. The second-order valence-electron chi connectivity index (χ2n) is 3.89. The van der Waals surface area contributed by atoms with Gasteiger partial charge in [-0.1, -0.05) is 6.07 Å². The molecule has 84 valence electrons. The number of likely N-dealkylation sites (N-methyl/N-ethyl adjacent to an activating group) is 1. The summed E-state index contributed by atoms with van der Waals surface area (Å²) in [6, 6.07) is 6.32. The number of pyridine rings is 1. The van der Waals surface area contributed by atoms with E-state index < -0.39 is 0 Å². The molecule has 0 radical (unpaired) electrons. The molecule has 1 aromatic rings. The van der Waals surface area contributed by atoms with Crippen LogP contribution in [0.25, 0.3) is 0 Å². The van der Waals surface area contributed by atoms with Crippen LogP contribution in [0, 0.1) is 0 Å². The summed E-state index contributed by atoms with van der Waals surface area (Å²) in [6.45, 7) is 4.83. The minimum absolute atomic E-state index is 0.282. The zero-order chi connectivity index (χ0) is 11.1. The van der Waals surface area contributed by atoms with Crippen LogP contribution in [-0.4, -0.2) is 30.8 Å². The third kappa shape index (κ3) is 4.91. The second-order valence-corrected chi connectivity index (χ2v) is 3.89. The third-order valence-electron chi connectivity index (χ3n) is 2.22. The van der Waals surface area contributed by atoms with Gasteiger partial charge in [0.05, 0.1) is 12.7 Å². The molecule has 0 bridgehead atoms. The molecule has 3 nitrogen and oxygen atoms in total. The van der Waals surface area contributed by atoms with Crippen molar-refractivity contribution < 1.29 is 4.74 Å². The van der Waals surface area contributed by atoms with Crippen LogP contribution in [-0.2, 0) is 11.2 Å². The number of aromatic nitrogens is 1. The summed E-state index contributed by atoms with van der Waals surface area (Å²) in [5.41, 5.74) is 1.10. The largest absolute Gasteiger partial charge is 0.377 e. The molecule has 15 heavy (non-hydrogen) atoms. The quantitative estimate of drug-likeness (QED) is 0.771. The first-order valence-electron chi connectivity index (χ1n) is 5.41. The van der Waals surface area contributed by atoms with E-state index in [4.69, 9.17) is 4.74 Å². The molecule has 1 aromatic heterocycles. The fourth-order valence-corrected chi connectivity index (χ4v) is 1.32. The molecule has 3 heteroatoms. The average molecular weight is 208 g/mol. The smallest absolute Gasteiger partial charge is 0.0626 e. The summed E-state index contributed by atoms with van der Waals surface area (Å²) in [7, 11) is 1.96. The fraction of sp³-hybridized carbons (Fsp3) is 0.583. The highest BCUT2D eigenvalue weighted by Gasteiger charge is 2.08. The van der Waals surface area contributed by atoms with E-state index in [0.29, 0.717) is 6.04 Å². The van der Waals surface area contributed by atoms with Crippen LogP contribution in [0.1, 0.15) is 19.5 Å². The first-order valence-corrected chi connectivity index (χ1v) is 5.41. The van der Waals surface area contributed by atoms with Gasteiger partial charge in [0.1, 0.15) is 0 Å². The molecule has 1 rings (SSSR count). The minimum Gasteiger partial charge on any atom is -0.377 e. The van der Waals surface area contributed by atoms with Crippen LogP contribution < -0.4 is 5.32 Å². The molecular weight excluding hydrogens is 188 g/mol. The van der Waals surface area contributed by atoms with Crippen LogP contribution in [0.5, 0.6) is 0 Å². The highest BCUT2D eigenvalue weighted by molar-refractivity contribution is 5.05. The van der Waals surface area contributed by atoms with E-state index in [-0.39, 0.29) is 6.10 Å². The maximum atomic E-state index is 5.58.